The lowest BCUT2D eigenvalue weighted by Crippen LogP contribution is -2.36. The van der Waals surface area contributed by atoms with Crippen LogP contribution >= 0.6 is 11.6 Å². The fourth-order valence-corrected chi connectivity index (χ4v) is 3.38. The lowest BCUT2D eigenvalue weighted by molar-refractivity contribution is -0.195. The molecule has 158 valence electrons. The fourth-order valence-electron chi connectivity index (χ4n) is 2.58. The van der Waals surface area contributed by atoms with Crippen molar-refractivity contribution < 1.29 is 26.3 Å². The van der Waals surface area contributed by atoms with Crippen molar-refractivity contribution in [3.8, 4) is 5.88 Å². The molecule has 0 aliphatic rings. The van der Waals surface area contributed by atoms with Gasteiger partial charge in [0.25, 0.3) is 0 Å². The summed E-state index contributed by atoms with van der Waals surface area (Å²) in [6.45, 7) is 3.20. The van der Waals surface area contributed by atoms with Crippen molar-refractivity contribution in [1.29, 1.82) is 0 Å². The lowest BCUT2D eigenvalue weighted by atomic mass is 9.93. The zero-order chi connectivity index (χ0) is 22.0. The first-order valence-electron chi connectivity index (χ1n) is 8.16. The number of alkyl halides is 3. The Hall–Kier alpha value is -2.30. The number of fused-ring (bicyclic) bond motifs is 1. The molecule has 0 fully saturated rings. The second-order valence-corrected chi connectivity index (χ2v) is 9.49. The third kappa shape index (κ3) is 5.84. The summed E-state index contributed by atoms with van der Waals surface area (Å²) in [5, 5.41) is 4.21. The minimum Gasteiger partial charge on any atom is -0.464 e. The van der Waals surface area contributed by atoms with E-state index in [0.717, 1.165) is 6.26 Å². The number of pyridine rings is 2. The van der Waals surface area contributed by atoms with E-state index in [0.29, 0.717) is 10.9 Å². The second-order valence-electron chi connectivity index (χ2n) is 6.84. The molecule has 0 amide bonds. The average molecular weight is 452 g/mol. The van der Waals surface area contributed by atoms with Gasteiger partial charge in [0.1, 0.15) is 15.0 Å². The molecule has 8 nitrogen and oxygen atoms in total. The molecule has 2 aromatic rings. The first-order valence-corrected chi connectivity index (χ1v) is 10.6. The molecule has 0 aliphatic carbocycles. The molecular formula is C16H17ClF3N5O3S. The van der Waals surface area contributed by atoms with Crippen LogP contribution in [0.5, 0.6) is 5.88 Å². The molecule has 0 aromatic carbocycles. The first-order chi connectivity index (χ1) is 13.2. The third-order valence-electron chi connectivity index (χ3n) is 4.03. The quantitative estimate of drug-likeness (QED) is 0.264. The molecule has 0 spiro atoms. The SMILES string of the molecule is CC(C)(N=[N+]=[N-])c1cnc(O[C@H](CCS(C)(=O)=O)C(F)(F)F)c2cnc(Cl)cc12. The van der Waals surface area contributed by atoms with Gasteiger partial charge in [0.15, 0.2) is 6.10 Å². The highest BCUT2D eigenvalue weighted by Gasteiger charge is 2.42. The van der Waals surface area contributed by atoms with Crippen LogP contribution in [-0.4, -0.2) is 42.7 Å². The molecule has 2 rings (SSSR count). The highest BCUT2D eigenvalue weighted by Crippen LogP contribution is 2.37. The van der Waals surface area contributed by atoms with E-state index in [1.807, 2.05) is 0 Å². The van der Waals surface area contributed by atoms with Crippen molar-refractivity contribution >= 4 is 32.2 Å². The van der Waals surface area contributed by atoms with Crippen molar-refractivity contribution in [1.82, 2.24) is 9.97 Å². The number of nitrogens with zero attached hydrogens (tertiary/aromatic N) is 5. The van der Waals surface area contributed by atoms with Gasteiger partial charge in [-0.3, -0.25) is 0 Å². The predicted octanol–water partition coefficient (Wildman–Crippen LogP) is 4.57. The first kappa shape index (κ1) is 23.0. The van der Waals surface area contributed by atoms with Crippen LogP contribution in [-0.2, 0) is 15.4 Å². The van der Waals surface area contributed by atoms with Gasteiger partial charge in [0, 0.05) is 30.0 Å². The van der Waals surface area contributed by atoms with Crippen LogP contribution in [0.15, 0.2) is 23.6 Å². The lowest BCUT2D eigenvalue weighted by Gasteiger charge is -2.24. The van der Waals surface area contributed by atoms with Gasteiger partial charge in [-0.15, -0.1) is 0 Å². The van der Waals surface area contributed by atoms with Gasteiger partial charge < -0.3 is 4.74 Å². The third-order valence-corrected chi connectivity index (χ3v) is 5.21. The number of hydrogen-bond donors (Lipinski definition) is 0. The smallest absolute Gasteiger partial charge is 0.425 e. The van der Waals surface area contributed by atoms with E-state index in [4.69, 9.17) is 21.9 Å². The van der Waals surface area contributed by atoms with Crippen LogP contribution in [0.2, 0.25) is 5.15 Å². The van der Waals surface area contributed by atoms with Gasteiger partial charge in [-0.05, 0) is 22.5 Å². The van der Waals surface area contributed by atoms with Crippen molar-refractivity contribution in [2.24, 2.45) is 5.11 Å². The number of halogens is 4. The maximum atomic E-state index is 13.4. The zero-order valence-corrected chi connectivity index (χ0v) is 17.2. The van der Waals surface area contributed by atoms with Crippen LogP contribution in [0.25, 0.3) is 21.2 Å². The van der Waals surface area contributed by atoms with Crippen molar-refractivity contribution in [3.63, 3.8) is 0 Å². The maximum absolute atomic E-state index is 13.4. The Labute approximate surface area is 169 Å². The molecular weight excluding hydrogens is 435 g/mol. The molecule has 0 N–H and O–H groups in total. The van der Waals surface area contributed by atoms with E-state index < -0.39 is 39.8 Å². The summed E-state index contributed by atoms with van der Waals surface area (Å²) in [6.07, 6.45) is -4.74. The van der Waals surface area contributed by atoms with Gasteiger partial charge in [0.05, 0.1) is 16.7 Å². The van der Waals surface area contributed by atoms with Crippen molar-refractivity contribution in [2.45, 2.75) is 38.1 Å². The van der Waals surface area contributed by atoms with Gasteiger partial charge >= 0.3 is 6.18 Å². The summed E-state index contributed by atoms with van der Waals surface area (Å²) in [5.41, 5.74) is 8.10. The molecule has 2 heterocycles. The van der Waals surface area contributed by atoms with Crippen LogP contribution in [0, 0.1) is 0 Å². The Morgan fingerprint density at radius 2 is 1.93 bits per heavy atom. The number of rotatable bonds is 7. The van der Waals surface area contributed by atoms with Crippen LogP contribution in [0.3, 0.4) is 0 Å². The van der Waals surface area contributed by atoms with Crippen LogP contribution < -0.4 is 4.74 Å². The van der Waals surface area contributed by atoms with Crippen molar-refractivity contribution in [2.75, 3.05) is 12.0 Å². The summed E-state index contributed by atoms with van der Waals surface area (Å²) < 4.78 is 67.7. The number of ether oxygens (including phenoxy) is 1. The Bertz CT molecular complexity index is 1070. The molecule has 0 aliphatic heterocycles. The minimum absolute atomic E-state index is 0.0667. The second kappa shape index (κ2) is 8.21. The van der Waals surface area contributed by atoms with E-state index in [9.17, 15) is 21.6 Å². The Morgan fingerprint density at radius 1 is 1.28 bits per heavy atom. The number of hydrogen-bond acceptors (Lipinski definition) is 6. The van der Waals surface area contributed by atoms with E-state index in [1.165, 1.54) is 18.5 Å². The summed E-state index contributed by atoms with van der Waals surface area (Å²) >= 11 is 5.93. The van der Waals surface area contributed by atoms with E-state index in [-0.39, 0.29) is 16.4 Å². The molecule has 2 aromatic heterocycles. The summed E-state index contributed by atoms with van der Waals surface area (Å²) in [6, 6.07) is 1.40. The summed E-state index contributed by atoms with van der Waals surface area (Å²) in [4.78, 5) is 10.6. The molecule has 13 heteroatoms. The molecule has 0 saturated heterocycles. The predicted molar refractivity (Wildman–Crippen MR) is 102 cm³/mol. The monoisotopic (exact) mass is 451 g/mol. The zero-order valence-electron chi connectivity index (χ0n) is 15.6. The van der Waals surface area contributed by atoms with Crippen molar-refractivity contribution in [3.05, 3.63) is 39.6 Å². The normalized spacial score (nSPS) is 13.8. The maximum Gasteiger partial charge on any atom is 0.425 e. The Morgan fingerprint density at radius 3 is 2.48 bits per heavy atom. The summed E-state index contributed by atoms with van der Waals surface area (Å²) in [5.74, 6) is -1.10. The van der Waals surface area contributed by atoms with Gasteiger partial charge in [-0.1, -0.05) is 30.6 Å². The average Bonchev–Trinajstić information content (AvgIpc) is 2.55. The molecule has 0 bridgehead atoms. The molecule has 29 heavy (non-hydrogen) atoms. The molecule has 0 unspecified atom stereocenters. The van der Waals surface area contributed by atoms with E-state index in [1.54, 1.807) is 13.8 Å². The van der Waals surface area contributed by atoms with Crippen LogP contribution in [0.4, 0.5) is 13.2 Å². The fraction of sp³-hybridized carbons (Fsp3) is 0.500. The van der Waals surface area contributed by atoms with Gasteiger partial charge in [0.2, 0.25) is 5.88 Å². The standard InChI is InChI=1S/C16H17ClF3N5O3S/c1-15(2,24-25-21)11-8-23-14(10-7-22-13(17)6-9(10)11)28-12(16(18,19)20)4-5-29(3,26)27/h6-8,12H,4-5H2,1-3H3/t12-/m1/s1. The Kier molecular flexibility index (Phi) is 6.51. The molecule has 1 atom stereocenters. The van der Waals surface area contributed by atoms with E-state index in [2.05, 4.69) is 20.0 Å². The topological polar surface area (TPSA) is 118 Å². The Balaban J connectivity index is 2.57. The molecule has 0 saturated carbocycles. The summed E-state index contributed by atoms with van der Waals surface area (Å²) in [7, 11) is -3.63. The number of azide groups is 1. The van der Waals surface area contributed by atoms with Gasteiger partial charge in [-0.25, -0.2) is 18.4 Å². The molecule has 0 radical (unpaired) electrons. The number of aromatic nitrogens is 2. The van der Waals surface area contributed by atoms with Crippen LogP contribution in [0.1, 0.15) is 25.8 Å². The van der Waals surface area contributed by atoms with E-state index >= 15 is 0 Å². The highest BCUT2D eigenvalue weighted by atomic mass is 35.5. The largest absolute Gasteiger partial charge is 0.464 e. The highest BCUT2D eigenvalue weighted by molar-refractivity contribution is 7.90. The number of sulfone groups is 1. The van der Waals surface area contributed by atoms with Gasteiger partial charge in [-0.2, -0.15) is 13.2 Å². The minimum atomic E-state index is -4.82.